The lowest BCUT2D eigenvalue weighted by Crippen LogP contribution is -2.67. The zero-order valence-corrected chi connectivity index (χ0v) is 16.0. The molecule has 0 spiro atoms. The fraction of sp³-hybridized carbons (Fsp3) is 0.476. The van der Waals surface area contributed by atoms with Crippen LogP contribution in [0.5, 0.6) is 11.5 Å². The highest BCUT2D eigenvalue weighted by Crippen LogP contribution is 2.60. The third-order valence-corrected chi connectivity index (χ3v) is 6.08. The summed E-state index contributed by atoms with van der Waals surface area (Å²) in [4.78, 5) is 13.1. The predicted octanol–water partition coefficient (Wildman–Crippen LogP) is 1.33. The first-order valence-electron chi connectivity index (χ1n) is 9.15. The third kappa shape index (κ3) is 2.27. The molecule has 2 aliphatic carbocycles. The Morgan fingerprint density at radius 1 is 1.04 bits per heavy atom. The van der Waals surface area contributed by atoms with Crippen molar-refractivity contribution in [3.8, 4) is 11.5 Å². The minimum absolute atomic E-state index is 0.00676. The zero-order chi connectivity index (χ0) is 20.5. The van der Waals surface area contributed by atoms with Crippen LogP contribution in [0.3, 0.4) is 0 Å². The van der Waals surface area contributed by atoms with Crippen molar-refractivity contribution < 1.29 is 34.7 Å². The van der Waals surface area contributed by atoms with E-state index in [9.17, 15) is 25.2 Å². The summed E-state index contributed by atoms with van der Waals surface area (Å²) in [6.07, 6.45) is -2.15. The van der Waals surface area contributed by atoms with E-state index in [1.165, 1.54) is 21.1 Å². The molecule has 150 valence electrons. The SMILES string of the molecule is COc1c2c(c(OC)c3ccccc13)[C@@]1(O)C(=O)C[C@](C)(O)C[C@@]1(O)C[C@H]2O. The van der Waals surface area contributed by atoms with Gasteiger partial charge in [0.15, 0.2) is 11.4 Å². The van der Waals surface area contributed by atoms with Crippen molar-refractivity contribution >= 4 is 16.6 Å². The Bertz CT molecular complexity index is 982. The van der Waals surface area contributed by atoms with Gasteiger partial charge >= 0.3 is 0 Å². The summed E-state index contributed by atoms with van der Waals surface area (Å²) in [5, 5.41) is 45.6. The molecule has 28 heavy (non-hydrogen) atoms. The molecule has 0 aliphatic heterocycles. The van der Waals surface area contributed by atoms with Crippen molar-refractivity contribution in [2.75, 3.05) is 14.2 Å². The number of aliphatic hydroxyl groups excluding tert-OH is 1. The van der Waals surface area contributed by atoms with Crippen LogP contribution in [0, 0.1) is 0 Å². The van der Waals surface area contributed by atoms with E-state index in [1.54, 1.807) is 24.3 Å². The third-order valence-electron chi connectivity index (χ3n) is 6.08. The second-order valence-corrected chi connectivity index (χ2v) is 8.14. The van der Waals surface area contributed by atoms with Gasteiger partial charge in [0.05, 0.1) is 25.9 Å². The van der Waals surface area contributed by atoms with Gasteiger partial charge in [0.2, 0.25) is 0 Å². The van der Waals surface area contributed by atoms with Gasteiger partial charge in [0.1, 0.15) is 17.1 Å². The minimum atomic E-state index is -2.34. The number of aliphatic hydroxyl groups is 4. The Labute approximate surface area is 162 Å². The van der Waals surface area contributed by atoms with Gasteiger partial charge in [-0.05, 0) is 6.92 Å². The van der Waals surface area contributed by atoms with Crippen molar-refractivity contribution in [2.45, 2.75) is 49.1 Å². The topological polar surface area (TPSA) is 116 Å². The van der Waals surface area contributed by atoms with Crippen molar-refractivity contribution in [3.63, 3.8) is 0 Å². The van der Waals surface area contributed by atoms with Gasteiger partial charge in [-0.2, -0.15) is 0 Å². The van der Waals surface area contributed by atoms with E-state index in [-0.39, 0.29) is 36.1 Å². The van der Waals surface area contributed by atoms with E-state index in [0.717, 1.165) is 0 Å². The van der Waals surface area contributed by atoms with E-state index in [4.69, 9.17) is 9.47 Å². The molecule has 2 aromatic carbocycles. The largest absolute Gasteiger partial charge is 0.496 e. The monoisotopic (exact) mass is 388 g/mol. The van der Waals surface area contributed by atoms with Crippen molar-refractivity contribution in [2.24, 2.45) is 0 Å². The number of methoxy groups -OCH3 is 2. The Morgan fingerprint density at radius 2 is 1.61 bits per heavy atom. The Morgan fingerprint density at radius 3 is 2.18 bits per heavy atom. The lowest BCUT2D eigenvalue weighted by atomic mass is 9.56. The fourth-order valence-electron chi connectivity index (χ4n) is 5.07. The van der Waals surface area contributed by atoms with Crippen LogP contribution in [-0.2, 0) is 10.4 Å². The summed E-state index contributed by atoms with van der Waals surface area (Å²) >= 11 is 0. The summed E-state index contributed by atoms with van der Waals surface area (Å²) in [5.74, 6) is -0.212. The first-order chi connectivity index (χ1) is 13.1. The Hall–Kier alpha value is -2.19. The molecule has 0 bridgehead atoms. The molecular weight excluding hydrogens is 364 g/mol. The molecule has 1 saturated carbocycles. The molecule has 1 fully saturated rings. The fourth-order valence-corrected chi connectivity index (χ4v) is 5.07. The predicted molar refractivity (Wildman–Crippen MR) is 100 cm³/mol. The quantitative estimate of drug-likeness (QED) is 0.613. The number of hydrogen-bond donors (Lipinski definition) is 4. The molecule has 0 heterocycles. The maximum atomic E-state index is 13.1. The summed E-state index contributed by atoms with van der Waals surface area (Å²) in [7, 11) is 2.85. The summed E-state index contributed by atoms with van der Waals surface area (Å²) in [6.45, 7) is 1.43. The summed E-state index contributed by atoms with van der Waals surface area (Å²) in [5.41, 5.74) is -5.66. The maximum Gasteiger partial charge on any atom is 0.181 e. The standard InChI is InChI=1S/C21H24O7/c1-19(24)9-14(23)21(26)16-15(13(22)8-20(21,25)10-19)17(27-2)11-6-4-5-7-12(11)18(16)28-3/h4-7,13,22,24-26H,8-10H2,1-3H3/t13-,19+,20+,21+/m1/s1. The number of hydrogen-bond acceptors (Lipinski definition) is 7. The second kappa shape index (κ2) is 5.90. The molecule has 0 radical (unpaired) electrons. The van der Waals surface area contributed by atoms with Gasteiger partial charge in [-0.15, -0.1) is 0 Å². The van der Waals surface area contributed by atoms with E-state index < -0.39 is 28.7 Å². The average Bonchev–Trinajstić information content (AvgIpc) is 2.62. The number of ether oxygens (including phenoxy) is 2. The Balaban J connectivity index is 2.16. The van der Waals surface area contributed by atoms with Gasteiger partial charge in [0.25, 0.3) is 0 Å². The van der Waals surface area contributed by atoms with Crippen molar-refractivity contribution in [1.82, 2.24) is 0 Å². The van der Waals surface area contributed by atoms with Crippen LogP contribution in [0.25, 0.3) is 10.8 Å². The Kier molecular flexibility index (Phi) is 4.04. The zero-order valence-electron chi connectivity index (χ0n) is 16.0. The van der Waals surface area contributed by atoms with Gasteiger partial charge in [-0.25, -0.2) is 0 Å². The number of benzene rings is 2. The molecule has 4 N–H and O–H groups in total. The highest BCUT2D eigenvalue weighted by atomic mass is 16.5. The highest BCUT2D eigenvalue weighted by Gasteiger charge is 2.67. The van der Waals surface area contributed by atoms with E-state index in [2.05, 4.69) is 0 Å². The molecule has 0 aromatic heterocycles. The number of carbonyl (C=O) groups excluding carboxylic acids is 1. The molecule has 0 amide bonds. The number of rotatable bonds is 2. The summed E-state index contributed by atoms with van der Waals surface area (Å²) in [6, 6.07) is 7.13. The molecule has 0 saturated heterocycles. The van der Waals surface area contributed by atoms with Gasteiger partial charge < -0.3 is 29.9 Å². The van der Waals surface area contributed by atoms with Crippen LogP contribution in [0.4, 0.5) is 0 Å². The molecule has 2 aliphatic rings. The van der Waals surface area contributed by atoms with Crippen molar-refractivity contribution in [1.29, 1.82) is 0 Å². The van der Waals surface area contributed by atoms with E-state index in [0.29, 0.717) is 16.5 Å². The average molecular weight is 388 g/mol. The molecule has 4 rings (SSSR count). The highest BCUT2D eigenvalue weighted by molar-refractivity contribution is 6.01. The molecule has 2 aromatic rings. The van der Waals surface area contributed by atoms with Crippen LogP contribution >= 0.6 is 0 Å². The number of Topliss-reactive ketones (excluding diaryl/α,β-unsaturated/α-hetero) is 1. The first-order valence-corrected chi connectivity index (χ1v) is 9.15. The molecular formula is C21H24O7. The van der Waals surface area contributed by atoms with Crippen LogP contribution < -0.4 is 9.47 Å². The van der Waals surface area contributed by atoms with E-state index >= 15 is 0 Å². The second-order valence-electron chi connectivity index (χ2n) is 8.14. The number of ketones is 1. The van der Waals surface area contributed by atoms with Crippen LogP contribution in [-0.4, -0.2) is 51.6 Å². The smallest absolute Gasteiger partial charge is 0.181 e. The van der Waals surface area contributed by atoms with Crippen molar-refractivity contribution in [3.05, 3.63) is 35.4 Å². The van der Waals surface area contributed by atoms with Gasteiger partial charge in [-0.1, -0.05) is 24.3 Å². The summed E-state index contributed by atoms with van der Waals surface area (Å²) < 4.78 is 11.1. The number of carbonyl (C=O) groups is 1. The number of fused-ring (bicyclic) bond motifs is 4. The molecule has 7 nitrogen and oxygen atoms in total. The van der Waals surface area contributed by atoms with Crippen LogP contribution in [0.2, 0.25) is 0 Å². The minimum Gasteiger partial charge on any atom is -0.496 e. The molecule has 0 unspecified atom stereocenters. The van der Waals surface area contributed by atoms with Crippen LogP contribution in [0.15, 0.2) is 24.3 Å². The lowest BCUT2D eigenvalue weighted by molar-refractivity contribution is -0.227. The molecule has 7 heteroatoms. The lowest BCUT2D eigenvalue weighted by Gasteiger charge is -2.54. The maximum absolute atomic E-state index is 13.1. The normalized spacial score (nSPS) is 34.7. The molecule has 4 atom stereocenters. The van der Waals surface area contributed by atoms with E-state index in [1.807, 2.05) is 0 Å². The van der Waals surface area contributed by atoms with Gasteiger partial charge in [-0.3, -0.25) is 4.79 Å². The van der Waals surface area contributed by atoms with Crippen LogP contribution in [0.1, 0.15) is 43.4 Å². The first kappa shape index (κ1) is 19.1. The van der Waals surface area contributed by atoms with Gasteiger partial charge in [0, 0.05) is 41.2 Å².